The summed E-state index contributed by atoms with van der Waals surface area (Å²) < 4.78 is 7.08. The van der Waals surface area contributed by atoms with E-state index in [0.717, 1.165) is 5.69 Å². The molecule has 14 heavy (non-hydrogen) atoms. The zero-order valence-corrected chi connectivity index (χ0v) is 7.84. The van der Waals surface area contributed by atoms with Crippen LogP contribution in [0.2, 0.25) is 0 Å². The highest BCUT2D eigenvalue weighted by molar-refractivity contribution is 4.97. The largest absolute Gasteiger partial charge is 0.424 e. The first-order valence-electron chi connectivity index (χ1n) is 4.27. The lowest BCUT2D eigenvalue weighted by Crippen LogP contribution is -1.98. The predicted octanol–water partition coefficient (Wildman–Crippen LogP) is 0.0815. The van der Waals surface area contributed by atoms with Gasteiger partial charge in [0.15, 0.2) is 0 Å². The summed E-state index contributed by atoms with van der Waals surface area (Å²) in [7, 11) is 0. The molecule has 74 valence electrons. The van der Waals surface area contributed by atoms with Crippen LogP contribution in [0.3, 0.4) is 0 Å². The van der Waals surface area contributed by atoms with Gasteiger partial charge < -0.3 is 14.7 Å². The number of imidazole rings is 1. The quantitative estimate of drug-likeness (QED) is 0.746. The van der Waals surface area contributed by atoms with E-state index in [-0.39, 0.29) is 0 Å². The Balaban J connectivity index is 2.10. The highest BCUT2D eigenvalue weighted by atomic mass is 16.4. The second kappa shape index (κ2) is 3.59. The molecule has 2 rings (SSSR count). The van der Waals surface area contributed by atoms with Crippen molar-refractivity contribution in [1.29, 1.82) is 0 Å². The van der Waals surface area contributed by atoms with Crippen molar-refractivity contribution >= 4 is 0 Å². The maximum absolute atomic E-state index is 5.43. The lowest BCUT2D eigenvalue weighted by Gasteiger charge is -1.94. The van der Waals surface area contributed by atoms with Crippen LogP contribution >= 0.6 is 0 Å². The van der Waals surface area contributed by atoms with Gasteiger partial charge in [-0.05, 0) is 0 Å². The molecule has 0 atom stereocenters. The van der Waals surface area contributed by atoms with Crippen LogP contribution in [0.15, 0.2) is 16.9 Å². The molecule has 0 saturated heterocycles. The van der Waals surface area contributed by atoms with Gasteiger partial charge >= 0.3 is 0 Å². The number of hydrogen-bond acceptors (Lipinski definition) is 5. The standard InChI is InChI=1S/C8H11N5O/c1-6-11-12-8(14-6)4-13-3-7(2-9)10-5-13/h3,5H,2,4,9H2,1H3. The molecule has 2 N–H and O–H groups in total. The van der Waals surface area contributed by atoms with E-state index in [1.54, 1.807) is 13.3 Å². The van der Waals surface area contributed by atoms with Crippen LogP contribution in [0, 0.1) is 6.92 Å². The summed E-state index contributed by atoms with van der Waals surface area (Å²) in [5.74, 6) is 1.14. The number of rotatable bonds is 3. The Morgan fingerprint density at radius 3 is 2.93 bits per heavy atom. The average Bonchev–Trinajstić information content (AvgIpc) is 2.76. The van der Waals surface area contributed by atoms with Crippen molar-refractivity contribution in [2.24, 2.45) is 5.73 Å². The fourth-order valence-corrected chi connectivity index (χ4v) is 1.16. The second-order valence-electron chi connectivity index (χ2n) is 2.96. The average molecular weight is 193 g/mol. The van der Waals surface area contributed by atoms with Crippen LogP contribution in [0.1, 0.15) is 17.5 Å². The maximum atomic E-state index is 5.43. The fourth-order valence-electron chi connectivity index (χ4n) is 1.16. The van der Waals surface area contributed by atoms with Gasteiger partial charge in [-0.3, -0.25) is 0 Å². The molecule has 0 aliphatic carbocycles. The highest BCUT2D eigenvalue weighted by Crippen LogP contribution is 2.02. The van der Waals surface area contributed by atoms with Gasteiger partial charge in [0, 0.05) is 19.7 Å². The van der Waals surface area contributed by atoms with Crippen LogP contribution in [-0.2, 0) is 13.1 Å². The number of nitrogens with zero attached hydrogens (tertiary/aromatic N) is 4. The van der Waals surface area contributed by atoms with E-state index >= 15 is 0 Å². The van der Waals surface area contributed by atoms with Crippen molar-refractivity contribution in [1.82, 2.24) is 19.7 Å². The summed E-state index contributed by atoms with van der Waals surface area (Å²) in [5.41, 5.74) is 6.28. The molecule has 2 heterocycles. The maximum Gasteiger partial charge on any atom is 0.236 e. The first kappa shape index (κ1) is 8.89. The predicted molar refractivity (Wildman–Crippen MR) is 48.3 cm³/mol. The van der Waals surface area contributed by atoms with Crippen molar-refractivity contribution in [3.05, 3.63) is 30.0 Å². The third kappa shape index (κ3) is 1.80. The molecule has 0 amide bonds. The van der Waals surface area contributed by atoms with Crippen LogP contribution in [0.4, 0.5) is 0 Å². The normalized spacial score (nSPS) is 10.7. The van der Waals surface area contributed by atoms with E-state index < -0.39 is 0 Å². The van der Waals surface area contributed by atoms with E-state index in [2.05, 4.69) is 15.2 Å². The summed E-state index contributed by atoms with van der Waals surface area (Å²) >= 11 is 0. The molecule has 0 saturated carbocycles. The summed E-state index contributed by atoms with van der Waals surface area (Å²) in [4.78, 5) is 4.09. The Hall–Kier alpha value is -1.69. The van der Waals surface area contributed by atoms with Crippen molar-refractivity contribution in [2.75, 3.05) is 0 Å². The molecule has 2 aromatic rings. The molecule has 0 radical (unpaired) electrons. The van der Waals surface area contributed by atoms with E-state index in [1.807, 2.05) is 10.8 Å². The van der Waals surface area contributed by atoms with E-state index in [9.17, 15) is 0 Å². The van der Waals surface area contributed by atoms with E-state index in [1.165, 1.54) is 0 Å². The SMILES string of the molecule is Cc1nnc(Cn2cnc(CN)c2)o1. The van der Waals surface area contributed by atoms with Crippen LogP contribution in [-0.4, -0.2) is 19.7 Å². The molecule has 0 aromatic carbocycles. The zero-order chi connectivity index (χ0) is 9.97. The monoisotopic (exact) mass is 193 g/mol. The number of hydrogen-bond donors (Lipinski definition) is 1. The summed E-state index contributed by atoms with van der Waals surface area (Å²) in [6, 6.07) is 0. The lowest BCUT2D eigenvalue weighted by atomic mass is 10.5. The molecule has 0 fully saturated rings. The van der Waals surface area contributed by atoms with Crippen molar-refractivity contribution in [2.45, 2.75) is 20.0 Å². The summed E-state index contributed by atoms with van der Waals surface area (Å²) in [6.45, 7) is 2.74. The minimum atomic E-state index is 0.440. The second-order valence-corrected chi connectivity index (χ2v) is 2.96. The van der Waals surface area contributed by atoms with Crippen LogP contribution < -0.4 is 5.73 Å². The number of nitrogens with two attached hydrogens (primary N) is 1. The number of aryl methyl sites for hydroxylation is 1. The van der Waals surface area contributed by atoms with Crippen LogP contribution in [0.5, 0.6) is 0 Å². The van der Waals surface area contributed by atoms with E-state index in [0.29, 0.717) is 24.9 Å². The molecule has 0 aliphatic heterocycles. The summed E-state index contributed by atoms with van der Waals surface area (Å²) in [6.07, 6.45) is 3.56. The molecule has 0 spiro atoms. The summed E-state index contributed by atoms with van der Waals surface area (Å²) in [5, 5.41) is 7.61. The molecular weight excluding hydrogens is 182 g/mol. The third-order valence-corrected chi connectivity index (χ3v) is 1.78. The highest BCUT2D eigenvalue weighted by Gasteiger charge is 2.03. The Bertz CT molecular complexity index is 419. The fraction of sp³-hybridized carbons (Fsp3) is 0.375. The first-order valence-corrected chi connectivity index (χ1v) is 4.27. The molecule has 6 heteroatoms. The van der Waals surface area contributed by atoms with Crippen LogP contribution in [0.25, 0.3) is 0 Å². The lowest BCUT2D eigenvalue weighted by molar-refractivity contribution is 0.454. The van der Waals surface area contributed by atoms with Gasteiger partial charge in [-0.25, -0.2) is 4.98 Å². The molecule has 0 bridgehead atoms. The van der Waals surface area contributed by atoms with Gasteiger partial charge in [-0.1, -0.05) is 0 Å². The van der Waals surface area contributed by atoms with Crippen molar-refractivity contribution < 1.29 is 4.42 Å². The molecule has 2 aromatic heterocycles. The molecule has 0 aliphatic rings. The Labute approximate surface area is 80.8 Å². The zero-order valence-electron chi connectivity index (χ0n) is 7.84. The molecule has 0 unspecified atom stereocenters. The molecular formula is C8H11N5O. The van der Waals surface area contributed by atoms with Gasteiger partial charge in [0.05, 0.1) is 12.0 Å². The first-order chi connectivity index (χ1) is 6.78. The minimum absolute atomic E-state index is 0.440. The van der Waals surface area contributed by atoms with E-state index in [4.69, 9.17) is 10.2 Å². The van der Waals surface area contributed by atoms with Crippen molar-refractivity contribution in [3.63, 3.8) is 0 Å². The number of aromatic nitrogens is 4. The van der Waals surface area contributed by atoms with Gasteiger partial charge in [0.25, 0.3) is 0 Å². The van der Waals surface area contributed by atoms with Gasteiger partial charge in [-0.2, -0.15) is 0 Å². The Morgan fingerprint density at radius 2 is 2.36 bits per heavy atom. The Kier molecular flexibility index (Phi) is 2.28. The van der Waals surface area contributed by atoms with Gasteiger partial charge in [-0.15, -0.1) is 10.2 Å². The smallest absolute Gasteiger partial charge is 0.236 e. The topological polar surface area (TPSA) is 82.8 Å². The van der Waals surface area contributed by atoms with Gasteiger partial charge in [0.1, 0.15) is 6.54 Å². The third-order valence-electron chi connectivity index (χ3n) is 1.78. The van der Waals surface area contributed by atoms with Gasteiger partial charge in [0.2, 0.25) is 11.8 Å². The molecule has 6 nitrogen and oxygen atoms in total. The Morgan fingerprint density at radius 1 is 1.50 bits per heavy atom. The minimum Gasteiger partial charge on any atom is -0.424 e. The van der Waals surface area contributed by atoms with Crippen molar-refractivity contribution in [3.8, 4) is 0 Å².